The Labute approximate surface area is 69.6 Å². The molecule has 0 saturated carbocycles. The molecule has 0 unspecified atom stereocenters. The monoisotopic (exact) mass is 179 g/mol. The molecular formula is C7H8ClF2N. The van der Waals surface area contributed by atoms with Gasteiger partial charge in [-0.1, -0.05) is 12.1 Å². The molecule has 11 heavy (non-hydrogen) atoms. The lowest BCUT2D eigenvalue weighted by Crippen LogP contribution is -1.87. The van der Waals surface area contributed by atoms with E-state index >= 15 is 0 Å². The molecule has 0 aliphatic heterocycles. The van der Waals surface area contributed by atoms with E-state index in [9.17, 15) is 8.78 Å². The highest BCUT2D eigenvalue weighted by Gasteiger charge is 2.04. The summed E-state index contributed by atoms with van der Waals surface area (Å²) in [5.41, 5.74) is 5.61. The molecule has 0 radical (unpaired) electrons. The van der Waals surface area contributed by atoms with Crippen LogP contribution in [0.15, 0.2) is 24.3 Å². The Balaban J connectivity index is 0.000001000. The Morgan fingerprint density at radius 1 is 1.27 bits per heavy atom. The summed E-state index contributed by atoms with van der Waals surface area (Å²) >= 11 is 0. The number of nitrogen functional groups attached to an aromatic ring is 1. The first-order valence-electron chi connectivity index (χ1n) is 2.84. The second kappa shape index (κ2) is 4.13. The van der Waals surface area contributed by atoms with Gasteiger partial charge in [0.2, 0.25) is 0 Å². The van der Waals surface area contributed by atoms with Crippen LogP contribution in [-0.4, -0.2) is 0 Å². The van der Waals surface area contributed by atoms with E-state index in [1.807, 2.05) is 0 Å². The van der Waals surface area contributed by atoms with Crippen molar-refractivity contribution < 1.29 is 8.78 Å². The largest absolute Gasteiger partial charge is 0.399 e. The zero-order valence-electron chi connectivity index (χ0n) is 5.63. The highest BCUT2D eigenvalue weighted by molar-refractivity contribution is 5.85. The van der Waals surface area contributed by atoms with Crippen LogP contribution >= 0.6 is 12.4 Å². The van der Waals surface area contributed by atoms with Gasteiger partial charge in [0.1, 0.15) is 0 Å². The van der Waals surface area contributed by atoms with Gasteiger partial charge in [-0.15, -0.1) is 12.4 Å². The summed E-state index contributed by atoms with van der Waals surface area (Å²) in [6.45, 7) is 0. The highest BCUT2D eigenvalue weighted by Crippen LogP contribution is 2.19. The summed E-state index contributed by atoms with van der Waals surface area (Å²) < 4.78 is 23.8. The smallest absolute Gasteiger partial charge is 0.263 e. The molecule has 0 heterocycles. The van der Waals surface area contributed by atoms with Crippen LogP contribution < -0.4 is 5.73 Å². The van der Waals surface area contributed by atoms with E-state index in [2.05, 4.69) is 0 Å². The quantitative estimate of drug-likeness (QED) is 0.659. The van der Waals surface area contributed by atoms with Gasteiger partial charge in [0, 0.05) is 11.3 Å². The first kappa shape index (κ1) is 10.2. The van der Waals surface area contributed by atoms with Crippen molar-refractivity contribution in [2.24, 2.45) is 0 Å². The van der Waals surface area contributed by atoms with Crippen LogP contribution in [0, 0.1) is 0 Å². The molecule has 1 rings (SSSR count). The van der Waals surface area contributed by atoms with E-state index in [1.54, 1.807) is 6.07 Å². The molecule has 1 nitrogen and oxygen atoms in total. The Bertz CT molecular complexity index is 227. The molecule has 0 aliphatic carbocycles. The van der Waals surface area contributed by atoms with Crippen LogP contribution in [0.3, 0.4) is 0 Å². The fourth-order valence-electron chi connectivity index (χ4n) is 0.695. The van der Waals surface area contributed by atoms with Crippen molar-refractivity contribution in [3.63, 3.8) is 0 Å². The van der Waals surface area contributed by atoms with E-state index in [-0.39, 0.29) is 18.0 Å². The zero-order valence-corrected chi connectivity index (χ0v) is 6.44. The summed E-state index contributed by atoms with van der Waals surface area (Å²) in [4.78, 5) is 0. The predicted octanol–water partition coefficient (Wildman–Crippen LogP) is 2.63. The summed E-state index contributed by atoms with van der Waals surface area (Å²) in [5.74, 6) is 0. The Morgan fingerprint density at radius 3 is 2.27 bits per heavy atom. The number of benzene rings is 1. The molecule has 4 heteroatoms. The average molecular weight is 180 g/mol. The van der Waals surface area contributed by atoms with Gasteiger partial charge < -0.3 is 5.73 Å². The lowest BCUT2D eigenvalue weighted by Gasteiger charge is -1.98. The molecule has 1 aromatic rings. The Hall–Kier alpha value is -0.830. The topological polar surface area (TPSA) is 26.0 Å². The standard InChI is InChI=1S/C7H7F2N.ClH/c8-7(9)5-2-1-3-6(10)4-5;/h1-4,7H,10H2;1H. The second-order valence-corrected chi connectivity index (χ2v) is 1.97. The molecule has 0 amide bonds. The van der Waals surface area contributed by atoms with Gasteiger partial charge in [0.05, 0.1) is 0 Å². The van der Waals surface area contributed by atoms with Crippen molar-refractivity contribution >= 4 is 18.1 Å². The first-order chi connectivity index (χ1) is 4.70. The van der Waals surface area contributed by atoms with Crippen LogP contribution in [0.5, 0.6) is 0 Å². The second-order valence-electron chi connectivity index (χ2n) is 1.97. The molecule has 62 valence electrons. The van der Waals surface area contributed by atoms with Crippen LogP contribution in [-0.2, 0) is 0 Å². The number of rotatable bonds is 1. The lowest BCUT2D eigenvalue weighted by atomic mass is 10.2. The average Bonchev–Trinajstić information content (AvgIpc) is 1.88. The fraction of sp³-hybridized carbons (Fsp3) is 0.143. The van der Waals surface area contributed by atoms with E-state index in [0.29, 0.717) is 5.69 Å². The third-order valence-corrected chi connectivity index (χ3v) is 1.16. The molecule has 0 bridgehead atoms. The highest BCUT2D eigenvalue weighted by atomic mass is 35.5. The number of hydrogen-bond donors (Lipinski definition) is 1. The minimum absolute atomic E-state index is 0. The van der Waals surface area contributed by atoms with Crippen molar-refractivity contribution in [3.05, 3.63) is 29.8 Å². The van der Waals surface area contributed by atoms with Crippen LogP contribution in [0.25, 0.3) is 0 Å². The van der Waals surface area contributed by atoms with Gasteiger partial charge in [-0.05, 0) is 12.1 Å². The van der Waals surface area contributed by atoms with Crippen molar-refractivity contribution in [1.82, 2.24) is 0 Å². The first-order valence-corrected chi connectivity index (χ1v) is 2.84. The molecule has 0 atom stereocenters. The van der Waals surface area contributed by atoms with Crippen LogP contribution in [0.2, 0.25) is 0 Å². The normalized spacial score (nSPS) is 9.36. The fourth-order valence-corrected chi connectivity index (χ4v) is 0.695. The number of hydrogen-bond acceptors (Lipinski definition) is 1. The molecule has 0 spiro atoms. The van der Waals surface area contributed by atoms with Crippen molar-refractivity contribution in [2.45, 2.75) is 6.43 Å². The van der Waals surface area contributed by atoms with E-state index < -0.39 is 6.43 Å². The van der Waals surface area contributed by atoms with Gasteiger partial charge in [0.15, 0.2) is 0 Å². The Kier molecular flexibility index (Phi) is 3.82. The number of anilines is 1. The number of alkyl halides is 2. The maximum Gasteiger partial charge on any atom is 0.263 e. The van der Waals surface area contributed by atoms with Gasteiger partial charge in [0.25, 0.3) is 6.43 Å². The Morgan fingerprint density at radius 2 is 1.91 bits per heavy atom. The number of halogens is 3. The molecule has 0 aromatic heterocycles. The SMILES string of the molecule is Cl.Nc1cccc(C(F)F)c1. The van der Waals surface area contributed by atoms with Gasteiger partial charge >= 0.3 is 0 Å². The van der Waals surface area contributed by atoms with Crippen molar-refractivity contribution in [3.8, 4) is 0 Å². The molecule has 2 N–H and O–H groups in total. The molecule has 0 fully saturated rings. The minimum Gasteiger partial charge on any atom is -0.399 e. The van der Waals surface area contributed by atoms with E-state index in [0.717, 1.165) is 0 Å². The van der Waals surface area contributed by atoms with E-state index in [4.69, 9.17) is 5.73 Å². The van der Waals surface area contributed by atoms with Crippen LogP contribution in [0.1, 0.15) is 12.0 Å². The van der Waals surface area contributed by atoms with Gasteiger partial charge in [-0.2, -0.15) is 0 Å². The maximum atomic E-state index is 11.9. The van der Waals surface area contributed by atoms with Gasteiger partial charge in [-0.3, -0.25) is 0 Å². The van der Waals surface area contributed by atoms with Crippen LogP contribution in [0.4, 0.5) is 14.5 Å². The third kappa shape index (κ3) is 2.72. The van der Waals surface area contributed by atoms with Crippen molar-refractivity contribution in [2.75, 3.05) is 5.73 Å². The molecule has 0 aliphatic rings. The predicted molar refractivity (Wildman–Crippen MR) is 43.1 cm³/mol. The number of nitrogens with two attached hydrogens (primary N) is 1. The summed E-state index contributed by atoms with van der Waals surface area (Å²) in [5, 5.41) is 0. The summed E-state index contributed by atoms with van der Waals surface area (Å²) in [6.07, 6.45) is -2.43. The van der Waals surface area contributed by atoms with E-state index in [1.165, 1.54) is 18.2 Å². The molecular weight excluding hydrogens is 172 g/mol. The minimum atomic E-state index is -2.43. The summed E-state index contributed by atoms with van der Waals surface area (Å²) in [7, 11) is 0. The lowest BCUT2D eigenvalue weighted by molar-refractivity contribution is 0.151. The van der Waals surface area contributed by atoms with Crippen molar-refractivity contribution in [1.29, 1.82) is 0 Å². The summed E-state index contributed by atoms with van der Waals surface area (Å²) in [6, 6.07) is 5.70. The molecule has 1 aromatic carbocycles. The third-order valence-electron chi connectivity index (χ3n) is 1.16. The van der Waals surface area contributed by atoms with Gasteiger partial charge in [-0.25, -0.2) is 8.78 Å². The molecule has 0 saturated heterocycles. The zero-order chi connectivity index (χ0) is 7.56. The maximum absolute atomic E-state index is 11.9.